The van der Waals surface area contributed by atoms with Crippen molar-refractivity contribution in [1.29, 1.82) is 0 Å². The second-order valence-corrected chi connectivity index (χ2v) is 7.77. The third-order valence-electron chi connectivity index (χ3n) is 3.75. The zero-order valence-electron chi connectivity index (χ0n) is 13.1. The lowest BCUT2D eigenvalue weighted by Crippen LogP contribution is -2.35. The highest BCUT2D eigenvalue weighted by molar-refractivity contribution is 8.00. The lowest BCUT2D eigenvalue weighted by Gasteiger charge is -2.21. The molecule has 2 aromatic rings. The summed E-state index contributed by atoms with van der Waals surface area (Å²) in [5.41, 5.74) is 2.94. The van der Waals surface area contributed by atoms with Crippen LogP contribution in [0.15, 0.2) is 34.0 Å². The molecular formula is C17H20N2O2S2. The van der Waals surface area contributed by atoms with E-state index in [2.05, 4.69) is 10.4 Å². The Hall–Kier alpha value is -1.37. The lowest BCUT2D eigenvalue weighted by atomic mass is 10.1. The predicted octanol–water partition coefficient (Wildman–Crippen LogP) is 3.34. The lowest BCUT2D eigenvalue weighted by molar-refractivity contribution is 0.0707. The van der Waals surface area contributed by atoms with Gasteiger partial charge in [0.2, 0.25) is 0 Å². The molecule has 122 valence electrons. The Bertz CT molecular complexity index is 665. The minimum Gasteiger partial charge on any atom is -0.395 e. The third-order valence-corrected chi connectivity index (χ3v) is 5.96. The fraction of sp³-hybridized carbons (Fsp3) is 0.412. The smallest absolute Gasteiger partial charge is 0.254 e. The van der Waals surface area contributed by atoms with Crippen molar-refractivity contribution in [2.45, 2.75) is 35.9 Å². The highest BCUT2D eigenvalue weighted by Crippen LogP contribution is 2.29. The molecule has 0 atom stereocenters. The number of aromatic nitrogens is 1. The van der Waals surface area contributed by atoms with E-state index in [9.17, 15) is 4.79 Å². The molecule has 1 aliphatic rings. The Morgan fingerprint density at radius 1 is 1.39 bits per heavy atom. The van der Waals surface area contributed by atoms with E-state index in [0.717, 1.165) is 28.6 Å². The average Bonchev–Trinajstić information content (AvgIpc) is 3.32. The molecule has 4 nitrogen and oxygen atoms in total. The van der Waals surface area contributed by atoms with Crippen LogP contribution >= 0.6 is 23.1 Å². The van der Waals surface area contributed by atoms with E-state index >= 15 is 0 Å². The van der Waals surface area contributed by atoms with Crippen LogP contribution in [0.3, 0.4) is 0 Å². The number of carbonyl (C=O) groups excluding carboxylic acids is 1. The van der Waals surface area contributed by atoms with Gasteiger partial charge in [-0.15, -0.1) is 11.3 Å². The maximum Gasteiger partial charge on any atom is 0.254 e. The molecule has 0 aliphatic heterocycles. The molecule has 0 radical (unpaired) electrons. The van der Waals surface area contributed by atoms with Gasteiger partial charge in [-0.3, -0.25) is 4.79 Å². The minimum atomic E-state index is 0.0180. The zero-order chi connectivity index (χ0) is 16.2. The number of nitrogens with zero attached hydrogens (tertiary/aromatic N) is 2. The van der Waals surface area contributed by atoms with Crippen molar-refractivity contribution in [2.75, 3.05) is 13.2 Å². The first kappa shape index (κ1) is 16.5. The van der Waals surface area contributed by atoms with Gasteiger partial charge in [0, 0.05) is 35.0 Å². The fourth-order valence-electron chi connectivity index (χ4n) is 2.40. The molecule has 0 spiro atoms. The number of rotatable bonds is 7. The van der Waals surface area contributed by atoms with Crippen molar-refractivity contribution in [2.24, 2.45) is 0 Å². The summed E-state index contributed by atoms with van der Waals surface area (Å²) < 4.78 is 1.07. The summed E-state index contributed by atoms with van der Waals surface area (Å²) in [6.45, 7) is 2.44. The molecule has 1 aliphatic carbocycles. The van der Waals surface area contributed by atoms with Gasteiger partial charge in [0.25, 0.3) is 5.91 Å². The number of carbonyl (C=O) groups is 1. The first-order chi connectivity index (χ1) is 11.2. The van der Waals surface area contributed by atoms with Crippen molar-refractivity contribution >= 4 is 29.0 Å². The maximum absolute atomic E-state index is 12.5. The molecule has 1 amide bonds. The summed E-state index contributed by atoms with van der Waals surface area (Å²) in [6, 6.07) is 8.10. The Labute approximate surface area is 144 Å². The van der Waals surface area contributed by atoms with Gasteiger partial charge < -0.3 is 10.0 Å². The van der Waals surface area contributed by atoms with Crippen LogP contribution in [0.1, 0.15) is 34.5 Å². The summed E-state index contributed by atoms with van der Waals surface area (Å²) in [6.07, 6.45) is 2.10. The monoisotopic (exact) mass is 348 g/mol. The molecule has 0 saturated heterocycles. The van der Waals surface area contributed by atoms with E-state index in [1.807, 2.05) is 31.2 Å². The van der Waals surface area contributed by atoms with Gasteiger partial charge in [0.05, 0.1) is 6.61 Å². The topological polar surface area (TPSA) is 53.4 Å². The molecule has 0 bridgehead atoms. The highest BCUT2D eigenvalue weighted by Gasteiger charge is 2.32. The Morgan fingerprint density at radius 3 is 2.70 bits per heavy atom. The highest BCUT2D eigenvalue weighted by atomic mass is 32.2. The minimum absolute atomic E-state index is 0.0180. The predicted molar refractivity (Wildman–Crippen MR) is 94.0 cm³/mol. The van der Waals surface area contributed by atoms with E-state index in [-0.39, 0.29) is 12.5 Å². The second kappa shape index (κ2) is 7.47. The summed E-state index contributed by atoms with van der Waals surface area (Å²) in [5, 5.41) is 11.2. The Balaban J connectivity index is 1.60. The van der Waals surface area contributed by atoms with Gasteiger partial charge in [-0.1, -0.05) is 23.9 Å². The molecular weight excluding hydrogens is 328 g/mol. The number of aliphatic hydroxyl groups excluding tert-OH is 1. The second-order valence-electron chi connectivity index (χ2n) is 5.69. The van der Waals surface area contributed by atoms with Crippen LogP contribution in [-0.2, 0) is 5.75 Å². The molecule has 0 unspecified atom stereocenters. The van der Waals surface area contributed by atoms with Gasteiger partial charge in [0.15, 0.2) is 0 Å². The van der Waals surface area contributed by atoms with Gasteiger partial charge in [-0.05, 0) is 37.5 Å². The van der Waals surface area contributed by atoms with Crippen molar-refractivity contribution in [3.63, 3.8) is 0 Å². The molecule has 1 heterocycles. The van der Waals surface area contributed by atoms with E-state index in [1.54, 1.807) is 28.0 Å². The number of thiazole rings is 1. The quantitative estimate of drug-likeness (QED) is 0.780. The van der Waals surface area contributed by atoms with E-state index in [0.29, 0.717) is 18.2 Å². The number of aryl methyl sites for hydroxylation is 1. The summed E-state index contributed by atoms with van der Waals surface area (Å²) in [5.74, 6) is 0.876. The summed E-state index contributed by atoms with van der Waals surface area (Å²) in [7, 11) is 0. The van der Waals surface area contributed by atoms with Gasteiger partial charge in [-0.25, -0.2) is 4.98 Å². The molecule has 1 N–H and O–H groups in total. The number of hydrogen-bond acceptors (Lipinski definition) is 5. The van der Waals surface area contributed by atoms with E-state index in [4.69, 9.17) is 5.11 Å². The van der Waals surface area contributed by atoms with Gasteiger partial charge in [-0.2, -0.15) is 0 Å². The molecule has 3 rings (SSSR count). The molecule has 1 aromatic heterocycles. The van der Waals surface area contributed by atoms with Crippen molar-refractivity contribution in [3.05, 3.63) is 46.5 Å². The van der Waals surface area contributed by atoms with E-state index < -0.39 is 0 Å². The average molecular weight is 348 g/mol. The van der Waals surface area contributed by atoms with Crippen LogP contribution in [0.4, 0.5) is 0 Å². The van der Waals surface area contributed by atoms with Gasteiger partial charge >= 0.3 is 0 Å². The molecule has 6 heteroatoms. The number of benzene rings is 1. The number of thioether (sulfide) groups is 1. The Morgan fingerprint density at radius 2 is 2.13 bits per heavy atom. The zero-order valence-corrected chi connectivity index (χ0v) is 14.7. The molecule has 1 fully saturated rings. The van der Waals surface area contributed by atoms with Crippen LogP contribution in [-0.4, -0.2) is 40.1 Å². The normalized spacial score (nSPS) is 14.0. The summed E-state index contributed by atoms with van der Waals surface area (Å²) >= 11 is 3.38. The standard InChI is InChI=1S/C17H20N2O2S2/c1-12-10-22-17(18-12)23-11-13-2-4-14(5-3-13)16(21)19(8-9-20)15-6-7-15/h2-5,10,15,20H,6-9,11H2,1H3. The van der Waals surface area contributed by atoms with Crippen molar-refractivity contribution in [1.82, 2.24) is 9.88 Å². The molecule has 1 saturated carbocycles. The molecule has 23 heavy (non-hydrogen) atoms. The van der Waals surface area contributed by atoms with Crippen LogP contribution in [0, 0.1) is 6.92 Å². The van der Waals surface area contributed by atoms with Gasteiger partial charge in [0.1, 0.15) is 4.34 Å². The van der Waals surface area contributed by atoms with Crippen LogP contribution in [0.5, 0.6) is 0 Å². The van der Waals surface area contributed by atoms with Crippen LogP contribution in [0.2, 0.25) is 0 Å². The first-order valence-electron chi connectivity index (χ1n) is 7.73. The van der Waals surface area contributed by atoms with E-state index in [1.165, 1.54) is 5.56 Å². The number of hydrogen-bond donors (Lipinski definition) is 1. The maximum atomic E-state index is 12.5. The Kier molecular flexibility index (Phi) is 5.35. The van der Waals surface area contributed by atoms with Crippen molar-refractivity contribution < 1.29 is 9.90 Å². The fourth-order valence-corrected chi connectivity index (χ4v) is 4.20. The SMILES string of the molecule is Cc1csc(SCc2ccc(C(=O)N(CCO)C3CC3)cc2)n1. The number of amides is 1. The largest absolute Gasteiger partial charge is 0.395 e. The number of aliphatic hydroxyl groups is 1. The third kappa shape index (κ3) is 4.34. The first-order valence-corrected chi connectivity index (χ1v) is 9.59. The van der Waals surface area contributed by atoms with Crippen molar-refractivity contribution in [3.8, 4) is 0 Å². The molecule has 1 aromatic carbocycles. The summed E-state index contributed by atoms with van der Waals surface area (Å²) in [4.78, 5) is 18.7. The van der Waals surface area contributed by atoms with Crippen LogP contribution in [0.25, 0.3) is 0 Å². The van der Waals surface area contributed by atoms with Crippen LogP contribution < -0.4 is 0 Å².